The van der Waals surface area contributed by atoms with Crippen molar-refractivity contribution in [1.29, 1.82) is 0 Å². The first-order chi connectivity index (χ1) is 9.40. The molecule has 1 heterocycles. The lowest BCUT2D eigenvalue weighted by molar-refractivity contribution is -0.156. The van der Waals surface area contributed by atoms with Gasteiger partial charge in [-0.3, -0.25) is 14.4 Å². The van der Waals surface area contributed by atoms with Crippen LogP contribution in [0.3, 0.4) is 0 Å². The van der Waals surface area contributed by atoms with Crippen molar-refractivity contribution >= 4 is 17.8 Å². The Hall–Kier alpha value is -1.63. The Kier molecular flexibility index (Phi) is 5.94. The van der Waals surface area contributed by atoms with E-state index in [2.05, 4.69) is 5.32 Å². The highest BCUT2D eigenvalue weighted by atomic mass is 16.5. The first-order valence-corrected chi connectivity index (χ1v) is 6.78. The van der Waals surface area contributed by atoms with Crippen LogP contribution in [0.2, 0.25) is 0 Å². The molecule has 7 heteroatoms. The summed E-state index contributed by atoms with van der Waals surface area (Å²) in [4.78, 5) is 36.7. The van der Waals surface area contributed by atoms with Crippen molar-refractivity contribution in [2.45, 2.75) is 26.8 Å². The summed E-state index contributed by atoms with van der Waals surface area (Å²) in [6.07, 6.45) is 0. The maximum atomic E-state index is 12.4. The molecule has 0 spiro atoms. The number of amides is 2. The van der Waals surface area contributed by atoms with E-state index >= 15 is 0 Å². The van der Waals surface area contributed by atoms with Gasteiger partial charge >= 0.3 is 5.97 Å². The van der Waals surface area contributed by atoms with Gasteiger partial charge in [0.05, 0.1) is 19.1 Å². The molecule has 0 saturated carbocycles. The highest BCUT2D eigenvalue weighted by Crippen LogP contribution is 2.18. The van der Waals surface area contributed by atoms with Gasteiger partial charge in [-0.2, -0.15) is 0 Å². The molecule has 1 aliphatic heterocycles. The lowest BCUT2D eigenvalue weighted by Crippen LogP contribution is -2.57. The Labute approximate surface area is 118 Å². The minimum absolute atomic E-state index is 0.145. The van der Waals surface area contributed by atoms with Crippen LogP contribution >= 0.6 is 0 Å². The number of carboxylic acids is 1. The van der Waals surface area contributed by atoms with Gasteiger partial charge in [-0.25, -0.2) is 0 Å². The predicted molar refractivity (Wildman–Crippen MR) is 71.0 cm³/mol. The molecule has 114 valence electrons. The van der Waals surface area contributed by atoms with E-state index in [1.807, 2.05) is 0 Å². The number of ether oxygens (including phenoxy) is 1. The van der Waals surface area contributed by atoms with Crippen molar-refractivity contribution in [1.82, 2.24) is 10.2 Å². The van der Waals surface area contributed by atoms with Gasteiger partial charge in [0, 0.05) is 19.0 Å². The van der Waals surface area contributed by atoms with Crippen LogP contribution in [0.1, 0.15) is 20.8 Å². The Bertz CT molecular complexity index is 385. The van der Waals surface area contributed by atoms with E-state index in [0.29, 0.717) is 19.7 Å². The second-order valence-corrected chi connectivity index (χ2v) is 4.93. The van der Waals surface area contributed by atoms with Gasteiger partial charge < -0.3 is 20.1 Å². The number of morpholine rings is 1. The van der Waals surface area contributed by atoms with Gasteiger partial charge in [-0.15, -0.1) is 0 Å². The van der Waals surface area contributed by atoms with E-state index < -0.39 is 23.8 Å². The van der Waals surface area contributed by atoms with Crippen molar-refractivity contribution in [2.75, 3.05) is 26.3 Å². The van der Waals surface area contributed by atoms with Crippen LogP contribution < -0.4 is 5.32 Å². The molecule has 2 amide bonds. The predicted octanol–water partition coefficient (Wildman–Crippen LogP) is -0.293. The van der Waals surface area contributed by atoms with E-state index in [1.165, 1.54) is 11.8 Å². The third kappa shape index (κ3) is 3.69. The van der Waals surface area contributed by atoms with E-state index in [4.69, 9.17) is 9.84 Å². The minimum atomic E-state index is -1.02. The smallest absolute Gasteiger partial charge is 0.307 e. The lowest BCUT2D eigenvalue weighted by atomic mass is 9.94. The van der Waals surface area contributed by atoms with Crippen molar-refractivity contribution in [3.05, 3.63) is 0 Å². The maximum absolute atomic E-state index is 12.4. The van der Waals surface area contributed by atoms with Crippen LogP contribution in [0.25, 0.3) is 0 Å². The zero-order valence-corrected chi connectivity index (χ0v) is 12.1. The zero-order chi connectivity index (χ0) is 15.3. The third-order valence-corrected chi connectivity index (χ3v) is 3.59. The summed E-state index contributed by atoms with van der Waals surface area (Å²) in [7, 11) is 0. The average Bonchev–Trinajstić information content (AvgIpc) is 2.45. The normalized spacial score (nSPS) is 21.9. The van der Waals surface area contributed by atoms with Crippen LogP contribution in [0.15, 0.2) is 0 Å². The minimum Gasteiger partial charge on any atom is -0.481 e. The van der Waals surface area contributed by atoms with Crippen molar-refractivity contribution in [2.24, 2.45) is 11.8 Å². The first-order valence-electron chi connectivity index (χ1n) is 6.78. The fourth-order valence-electron chi connectivity index (χ4n) is 2.07. The van der Waals surface area contributed by atoms with E-state index in [1.54, 1.807) is 13.8 Å². The van der Waals surface area contributed by atoms with Crippen molar-refractivity contribution in [3.63, 3.8) is 0 Å². The lowest BCUT2D eigenvalue weighted by Gasteiger charge is -2.36. The summed E-state index contributed by atoms with van der Waals surface area (Å²) in [6.45, 7) is 6.14. The number of aliphatic carboxylic acids is 1. The van der Waals surface area contributed by atoms with E-state index in [-0.39, 0.29) is 18.4 Å². The summed E-state index contributed by atoms with van der Waals surface area (Å²) in [5.41, 5.74) is 0. The molecule has 0 bridgehead atoms. The van der Waals surface area contributed by atoms with Crippen molar-refractivity contribution < 1.29 is 24.2 Å². The summed E-state index contributed by atoms with van der Waals surface area (Å²) in [5.74, 6) is -3.08. The van der Waals surface area contributed by atoms with Gasteiger partial charge in [0.15, 0.2) is 0 Å². The molecule has 1 rings (SSSR count). The standard InChI is InChI=1S/C13H22N2O5/c1-4-14-11(16)10-7-20-6-5-15(10)12(17)8(2)9(3)13(18)19/h8-10H,4-7H2,1-3H3,(H,14,16)(H,18,19). The molecule has 3 unspecified atom stereocenters. The van der Waals surface area contributed by atoms with Crippen LogP contribution in [-0.4, -0.2) is 60.1 Å². The second kappa shape index (κ2) is 7.23. The number of rotatable bonds is 5. The number of nitrogens with zero attached hydrogens (tertiary/aromatic N) is 1. The zero-order valence-electron chi connectivity index (χ0n) is 12.1. The second-order valence-electron chi connectivity index (χ2n) is 4.93. The fourth-order valence-corrected chi connectivity index (χ4v) is 2.07. The molecule has 1 saturated heterocycles. The molecule has 0 radical (unpaired) electrons. The number of likely N-dealkylation sites (N-methyl/N-ethyl adjacent to an activating group) is 1. The largest absolute Gasteiger partial charge is 0.481 e. The summed E-state index contributed by atoms with van der Waals surface area (Å²) >= 11 is 0. The fraction of sp³-hybridized carbons (Fsp3) is 0.769. The monoisotopic (exact) mass is 286 g/mol. The number of nitrogens with one attached hydrogen (secondary N) is 1. The SMILES string of the molecule is CCNC(=O)C1COCCN1C(=O)C(C)C(C)C(=O)O. The van der Waals surface area contributed by atoms with Gasteiger partial charge in [0.25, 0.3) is 0 Å². The summed E-state index contributed by atoms with van der Waals surface area (Å²) in [5, 5.41) is 11.6. The van der Waals surface area contributed by atoms with Crippen molar-refractivity contribution in [3.8, 4) is 0 Å². The quantitative estimate of drug-likeness (QED) is 0.724. The molecule has 20 heavy (non-hydrogen) atoms. The molecular formula is C13H22N2O5. The van der Waals surface area contributed by atoms with Crippen LogP contribution in [0.5, 0.6) is 0 Å². The molecular weight excluding hydrogens is 264 g/mol. The molecule has 1 aliphatic rings. The molecule has 0 aromatic carbocycles. The van der Waals surface area contributed by atoms with Gasteiger partial charge in [-0.1, -0.05) is 13.8 Å². The van der Waals surface area contributed by atoms with E-state index in [9.17, 15) is 14.4 Å². The molecule has 0 aromatic rings. The van der Waals surface area contributed by atoms with Gasteiger partial charge in [0.1, 0.15) is 6.04 Å². The summed E-state index contributed by atoms with van der Waals surface area (Å²) < 4.78 is 5.25. The third-order valence-electron chi connectivity index (χ3n) is 3.59. The Balaban J connectivity index is 2.81. The van der Waals surface area contributed by atoms with Crippen LogP contribution in [-0.2, 0) is 19.1 Å². The number of carboxylic acid groups (broad SMARTS) is 1. The Morgan fingerprint density at radius 3 is 2.55 bits per heavy atom. The molecule has 0 aromatic heterocycles. The Morgan fingerprint density at radius 2 is 2.00 bits per heavy atom. The topological polar surface area (TPSA) is 95.9 Å². The van der Waals surface area contributed by atoms with Crippen LogP contribution in [0, 0.1) is 11.8 Å². The number of carbonyl (C=O) groups is 3. The Morgan fingerprint density at radius 1 is 1.35 bits per heavy atom. The van der Waals surface area contributed by atoms with Crippen LogP contribution in [0.4, 0.5) is 0 Å². The number of hydrogen-bond acceptors (Lipinski definition) is 4. The molecule has 0 aliphatic carbocycles. The number of hydrogen-bond donors (Lipinski definition) is 2. The highest BCUT2D eigenvalue weighted by molar-refractivity contribution is 5.90. The first kappa shape index (κ1) is 16.4. The summed E-state index contributed by atoms with van der Waals surface area (Å²) in [6, 6.07) is -0.681. The highest BCUT2D eigenvalue weighted by Gasteiger charge is 2.37. The molecule has 3 atom stereocenters. The molecule has 7 nitrogen and oxygen atoms in total. The molecule has 2 N–H and O–H groups in total. The maximum Gasteiger partial charge on any atom is 0.307 e. The average molecular weight is 286 g/mol. The van der Waals surface area contributed by atoms with E-state index in [0.717, 1.165) is 0 Å². The van der Waals surface area contributed by atoms with Gasteiger partial charge in [0.2, 0.25) is 11.8 Å². The number of carbonyl (C=O) groups excluding carboxylic acids is 2. The molecule has 1 fully saturated rings. The van der Waals surface area contributed by atoms with Gasteiger partial charge in [-0.05, 0) is 6.92 Å².